The molecule has 6 nitrogen and oxygen atoms in total. The van der Waals surface area contributed by atoms with Gasteiger partial charge in [0, 0.05) is 38.6 Å². The van der Waals surface area contributed by atoms with Crippen molar-refractivity contribution in [2.75, 3.05) is 57.8 Å². The summed E-state index contributed by atoms with van der Waals surface area (Å²) in [5.74, 6) is 0.0835. The Morgan fingerprint density at radius 1 is 0.941 bits per heavy atom. The first kappa shape index (κ1) is 23.3. The number of hydrazone groups is 1. The van der Waals surface area contributed by atoms with Gasteiger partial charge in [0.2, 0.25) is 0 Å². The zero-order valence-corrected chi connectivity index (χ0v) is 20.7. The minimum absolute atomic E-state index is 0.0436. The van der Waals surface area contributed by atoms with Crippen LogP contribution in [0.2, 0.25) is 0 Å². The number of fused-ring (bicyclic) bond motifs is 1. The number of likely N-dealkylation sites (N-methyl/N-ethyl adjacent to an activating group) is 1. The molecule has 5 rings (SSSR count). The third kappa shape index (κ3) is 5.27. The molecular weight excluding hydrogens is 444 g/mol. The summed E-state index contributed by atoms with van der Waals surface area (Å²) in [6.45, 7) is 6.32. The van der Waals surface area contributed by atoms with Crippen LogP contribution in [-0.2, 0) is 9.84 Å². The summed E-state index contributed by atoms with van der Waals surface area (Å²) in [6.07, 6.45) is 3.03. The van der Waals surface area contributed by atoms with Gasteiger partial charge in [-0.25, -0.2) is 8.42 Å². The lowest BCUT2D eigenvalue weighted by Crippen LogP contribution is -2.45. The molecule has 0 spiro atoms. The van der Waals surface area contributed by atoms with E-state index in [-0.39, 0.29) is 23.5 Å². The summed E-state index contributed by atoms with van der Waals surface area (Å²) < 4.78 is 26.0. The van der Waals surface area contributed by atoms with Crippen molar-refractivity contribution < 1.29 is 8.42 Å². The van der Waals surface area contributed by atoms with Gasteiger partial charge < -0.3 is 9.80 Å². The van der Waals surface area contributed by atoms with Crippen LogP contribution in [0.4, 0.5) is 0 Å². The molecule has 0 N–H and O–H groups in total. The number of benzene rings is 2. The summed E-state index contributed by atoms with van der Waals surface area (Å²) in [5, 5.41) is 7.27. The zero-order chi connectivity index (χ0) is 23.5. The van der Waals surface area contributed by atoms with E-state index in [1.165, 1.54) is 0 Å². The molecular formula is C27H34N4O2S. The van der Waals surface area contributed by atoms with Gasteiger partial charge in [0.25, 0.3) is 0 Å². The molecule has 2 unspecified atom stereocenters. The van der Waals surface area contributed by atoms with Crippen molar-refractivity contribution in [2.24, 2.45) is 11.0 Å². The molecule has 0 aromatic heterocycles. The third-order valence-corrected chi connectivity index (χ3v) is 8.78. The zero-order valence-electron chi connectivity index (χ0n) is 19.9. The molecule has 34 heavy (non-hydrogen) atoms. The van der Waals surface area contributed by atoms with Crippen LogP contribution in [0, 0.1) is 5.92 Å². The maximum absolute atomic E-state index is 13.0. The lowest BCUT2D eigenvalue weighted by molar-refractivity contribution is 0.139. The van der Waals surface area contributed by atoms with E-state index in [0.717, 1.165) is 68.1 Å². The van der Waals surface area contributed by atoms with Crippen molar-refractivity contribution in [1.82, 2.24) is 14.8 Å². The number of hydrogen-bond acceptors (Lipinski definition) is 6. The molecule has 2 aromatic carbocycles. The van der Waals surface area contributed by atoms with Gasteiger partial charge in [-0.1, -0.05) is 60.7 Å². The SMILES string of the molecule is CN1CCN(CCCN2N=C3C(=Cc4ccccc4)CS(=O)(=O)CC3C2c2ccccc2)CC1. The van der Waals surface area contributed by atoms with Crippen molar-refractivity contribution in [2.45, 2.75) is 12.5 Å². The van der Waals surface area contributed by atoms with Crippen LogP contribution in [0.15, 0.2) is 71.3 Å². The van der Waals surface area contributed by atoms with E-state index in [0.29, 0.717) is 0 Å². The first-order valence-electron chi connectivity index (χ1n) is 12.3. The second-order valence-corrected chi connectivity index (χ2v) is 11.9. The van der Waals surface area contributed by atoms with E-state index in [9.17, 15) is 8.42 Å². The van der Waals surface area contributed by atoms with Crippen molar-refractivity contribution >= 4 is 21.6 Å². The minimum Gasteiger partial charge on any atom is -0.304 e. The molecule has 3 aliphatic rings. The number of nitrogens with zero attached hydrogens (tertiary/aromatic N) is 4. The fraction of sp³-hybridized carbons (Fsp3) is 0.444. The molecule has 3 heterocycles. The summed E-state index contributed by atoms with van der Waals surface area (Å²) in [5.41, 5.74) is 3.94. The Labute approximate surface area is 203 Å². The Morgan fingerprint density at radius 3 is 2.32 bits per heavy atom. The molecule has 0 saturated carbocycles. The van der Waals surface area contributed by atoms with Gasteiger partial charge in [0.15, 0.2) is 9.84 Å². The highest BCUT2D eigenvalue weighted by Crippen LogP contribution is 2.41. The molecule has 0 bridgehead atoms. The number of piperazine rings is 1. The highest BCUT2D eigenvalue weighted by molar-refractivity contribution is 7.91. The monoisotopic (exact) mass is 478 g/mol. The Balaban J connectivity index is 1.41. The van der Waals surface area contributed by atoms with E-state index in [1.807, 2.05) is 54.6 Å². The first-order chi connectivity index (χ1) is 16.5. The van der Waals surface area contributed by atoms with Gasteiger partial charge in [-0.2, -0.15) is 5.10 Å². The van der Waals surface area contributed by atoms with Crippen LogP contribution < -0.4 is 0 Å². The first-order valence-corrected chi connectivity index (χ1v) is 14.1. The highest BCUT2D eigenvalue weighted by Gasteiger charge is 2.45. The fourth-order valence-corrected chi connectivity index (χ4v) is 7.10. The number of rotatable bonds is 6. The average molecular weight is 479 g/mol. The standard InChI is InChI=1S/C27H34N4O2S/c1-29-15-17-30(18-16-29)13-8-14-31-27(23-11-6-3-7-12-23)25-21-34(32,33)20-24(26(25)28-31)19-22-9-4-2-5-10-22/h2-7,9-12,19,25,27H,8,13-18,20-21H2,1H3. The summed E-state index contributed by atoms with van der Waals surface area (Å²) >= 11 is 0. The van der Waals surface area contributed by atoms with E-state index in [2.05, 4.69) is 34.0 Å². The van der Waals surface area contributed by atoms with Gasteiger partial charge in [-0.15, -0.1) is 0 Å². The highest BCUT2D eigenvalue weighted by atomic mass is 32.2. The Kier molecular flexibility index (Phi) is 6.86. The number of hydrogen-bond donors (Lipinski definition) is 0. The molecule has 0 amide bonds. The van der Waals surface area contributed by atoms with E-state index in [4.69, 9.17) is 5.10 Å². The topological polar surface area (TPSA) is 56.2 Å². The van der Waals surface area contributed by atoms with Gasteiger partial charge in [-0.05, 0) is 42.8 Å². The molecule has 3 aliphatic heterocycles. The molecule has 2 atom stereocenters. The van der Waals surface area contributed by atoms with Crippen LogP contribution >= 0.6 is 0 Å². The van der Waals surface area contributed by atoms with Crippen LogP contribution in [0.3, 0.4) is 0 Å². The van der Waals surface area contributed by atoms with Crippen molar-refractivity contribution in [3.63, 3.8) is 0 Å². The second-order valence-electron chi connectivity index (χ2n) is 9.74. The maximum atomic E-state index is 13.0. The van der Waals surface area contributed by atoms with E-state index in [1.54, 1.807) is 0 Å². The molecule has 2 saturated heterocycles. The smallest absolute Gasteiger partial charge is 0.155 e. The molecule has 7 heteroatoms. The Bertz CT molecular complexity index is 1140. The Morgan fingerprint density at radius 2 is 1.62 bits per heavy atom. The lowest BCUT2D eigenvalue weighted by atomic mass is 9.87. The third-order valence-electron chi connectivity index (χ3n) is 7.17. The predicted molar refractivity (Wildman–Crippen MR) is 138 cm³/mol. The van der Waals surface area contributed by atoms with Crippen molar-refractivity contribution in [3.05, 3.63) is 77.4 Å². The normalized spacial score (nSPS) is 26.4. The Hall–Kier alpha value is -2.48. The molecule has 2 aromatic rings. The second kappa shape index (κ2) is 10.0. The van der Waals surface area contributed by atoms with E-state index < -0.39 is 9.84 Å². The molecule has 0 aliphatic carbocycles. The average Bonchev–Trinajstić information content (AvgIpc) is 3.19. The maximum Gasteiger partial charge on any atom is 0.155 e. The lowest BCUT2D eigenvalue weighted by Gasteiger charge is -2.33. The summed E-state index contributed by atoms with van der Waals surface area (Å²) in [6, 6.07) is 20.2. The van der Waals surface area contributed by atoms with Crippen LogP contribution in [0.1, 0.15) is 23.6 Å². The minimum atomic E-state index is -3.20. The van der Waals surface area contributed by atoms with Gasteiger partial charge in [-0.3, -0.25) is 5.01 Å². The predicted octanol–water partition coefficient (Wildman–Crippen LogP) is 3.17. The quantitative estimate of drug-likeness (QED) is 0.638. The van der Waals surface area contributed by atoms with E-state index >= 15 is 0 Å². The molecule has 0 radical (unpaired) electrons. The van der Waals surface area contributed by atoms with Gasteiger partial charge >= 0.3 is 0 Å². The van der Waals surface area contributed by atoms with Crippen LogP contribution in [0.25, 0.3) is 6.08 Å². The van der Waals surface area contributed by atoms with Gasteiger partial charge in [0.05, 0.1) is 23.3 Å². The van der Waals surface area contributed by atoms with Crippen molar-refractivity contribution in [1.29, 1.82) is 0 Å². The summed E-state index contributed by atoms with van der Waals surface area (Å²) in [7, 11) is -1.02. The molecule has 2 fully saturated rings. The van der Waals surface area contributed by atoms with Crippen molar-refractivity contribution in [3.8, 4) is 0 Å². The summed E-state index contributed by atoms with van der Waals surface area (Å²) in [4.78, 5) is 4.90. The van der Waals surface area contributed by atoms with Crippen LogP contribution in [0.5, 0.6) is 0 Å². The molecule has 180 valence electrons. The van der Waals surface area contributed by atoms with Gasteiger partial charge in [0.1, 0.15) is 0 Å². The van der Waals surface area contributed by atoms with Crippen LogP contribution in [-0.4, -0.2) is 86.8 Å². The fourth-order valence-electron chi connectivity index (χ4n) is 5.39. The largest absolute Gasteiger partial charge is 0.304 e. The number of sulfone groups is 1.